The Morgan fingerprint density at radius 2 is 1.15 bits per heavy atom. The quantitative estimate of drug-likeness (QED) is 0.418. The average Bonchev–Trinajstić information content (AvgIpc) is 2.70. The first-order chi connectivity index (χ1) is 13.0. The fourth-order valence-electron chi connectivity index (χ4n) is 2.31. The highest BCUT2D eigenvalue weighted by molar-refractivity contribution is 5.06. The molecule has 0 amide bonds. The summed E-state index contributed by atoms with van der Waals surface area (Å²) < 4.78 is 5.70. The molecule has 0 N–H and O–H groups in total. The number of allylic oxidation sites excluding steroid dienone is 1. The van der Waals surface area contributed by atoms with Crippen LogP contribution in [0.1, 0.15) is 101 Å². The molecule has 0 aliphatic carbocycles. The van der Waals surface area contributed by atoms with Crippen LogP contribution in [0, 0.1) is 0 Å². The number of nitrogens with zero attached hydrogens (tertiary/aromatic N) is 2. The van der Waals surface area contributed by atoms with E-state index in [1.807, 2.05) is 13.8 Å². The van der Waals surface area contributed by atoms with E-state index in [0.717, 1.165) is 25.3 Å². The number of hydrogen-bond acceptors (Lipinski definition) is 3. The van der Waals surface area contributed by atoms with Gasteiger partial charge < -0.3 is 9.64 Å². The zero-order valence-corrected chi connectivity index (χ0v) is 20.8. The van der Waals surface area contributed by atoms with E-state index >= 15 is 0 Å². The summed E-state index contributed by atoms with van der Waals surface area (Å²) in [6.45, 7) is 29.3. The van der Waals surface area contributed by atoms with Crippen molar-refractivity contribution >= 4 is 0 Å². The van der Waals surface area contributed by atoms with E-state index in [1.165, 1.54) is 64.0 Å². The van der Waals surface area contributed by atoms with Crippen LogP contribution in [0.4, 0.5) is 0 Å². The summed E-state index contributed by atoms with van der Waals surface area (Å²) in [5.41, 5.74) is 1.38. The second-order valence-corrected chi connectivity index (χ2v) is 7.01. The molecule has 0 aromatic rings. The molecule has 1 rings (SSSR count). The molecule has 0 radical (unpaired) electrons. The van der Waals surface area contributed by atoms with Gasteiger partial charge in [0.25, 0.3) is 0 Å². The molecule has 0 atom stereocenters. The molecule has 3 nitrogen and oxygen atoms in total. The molecule has 166 valence electrons. The van der Waals surface area contributed by atoms with Crippen molar-refractivity contribution < 1.29 is 4.74 Å². The van der Waals surface area contributed by atoms with E-state index < -0.39 is 0 Å². The van der Waals surface area contributed by atoms with Gasteiger partial charge in [-0.1, -0.05) is 74.7 Å². The lowest BCUT2D eigenvalue weighted by Crippen LogP contribution is -2.46. The molecule has 1 aliphatic rings. The SMILES string of the molecule is CC.CCC.CCCC.CCCOC(C)=C(C)CN1CCN(CCC)CC1. The molecular weight excluding hydrogens is 332 g/mol. The summed E-state index contributed by atoms with van der Waals surface area (Å²) in [5.74, 6) is 1.12. The Balaban J connectivity index is -0.000000541. The first kappa shape index (κ1) is 31.2. The van der Waals surface area contributed by atoms with Gasteiger partial charge >= 0.3 is 0 Å². The van der Waals surface area contributed by atoms with Crippen LogP contribution in [0.2, 0.25) is 0 Å². The molecule has 0 unspecified atom stereocenters. The Hall–Kier alpha value is -0.540. The van der Waals surface area contributed by atoms with Crippen molar-refractivity contribution in [1.29, 1.82) is 0 Å². The van der Waals surface area contributed by atoms with Gasteiger partial charge in [-0.15, -0.1) is 0 Å². The minimum atomic E-state index is 0.841. The lowest BCUT2D eigenvalue weighted by atomic mass is 10.2. The highest BCUT2D eigenvalue weighted by atomic mass is 16.5. The number of rotatable bonds is 8. The van der Waals surface area contributed by atoms with Gasteiger partial charge in [0.1, 0.15) is 0 Å². The van der Waals surface area contributed by atoms with Crippen LogP contribution in [0.5, 0.6) is 0 Å². The van der Waals surface area contributed by atoms with Crippen LogP contribution in [-0.4, -0.2) is 55.7 Å². The van der Waals surface area contributed by atoms with Gasteiger partial charge in [0.15, 0.2) is 0 Å². The number of unbranched alkanes of at least 4 members (excludes halogenated alkanes) is 1. The van der Waals surface area contributed by atoms with E-state index in [4.69, 9.17) is 4.74 Å². The largest absolute Gasteiger partial charge is 0.498 e. The molecule has 27 heavy (non-hydrogen) atoms. The molecule has 3 heteroatoms. The molecule has 0 bridgehead atoms. The van der Waals surface area contributed by atoms with Crippen molar-refractivity contribution in [3.63, 3.8) is 0 Å². The van der Waals surface area contributed by atoms with Gasteiger partial charge in [0.2, 0.25) is 0 Å². The molecular formula is C24H54N2O. The van der Waals surface area contributed by atoms with Crippen LogP contribution in [0.3, 0.4) is 0 Å². The summed E-state index contributed by atoms with van der Waals surface area (Å²) in [5, 5.41) is 0. The minimum absolute atomic E-state index is 0.841. The third-order valence-electron chi connectivity index (χ3n) is 4.09. The zero-order chi connectivity index (χ0) is 21.5. The van der Waals surface area contributed by atoms with Crippen molar-refractivity contribution in [2.45, 2.75) is 101 Å². The summed E-state index contributed by atoms with van der Waals surface area (Å²) in [7, 11) is 0. The summed E-state index contributed by atoms with van der Waals surface area (Å²) in [6.07, 6.45) is 6.24. The van der Waals surface area contributed by atoms with Gasteiger partial charge in [-0.25, -0.2) is 0 Å². The molecule has 1 fully saturated rings. The normalized spacial score (nSPS) is 15.2. The van der Waals surface area contributed by atoms with Crippen molar-refractivity contribution in [3.05, 3.63) is 11.3 Å². The Morgan fingerprint density at radius 3 is 1.52 bits per heavy atom. The monoisotopic (exact) mass is 386 g/mol. The fourth-order valence-corrected chi connectivity index (χ4v) is 2.31. The third-order valence-corrected chi connectivity index (χ3v) is 4.09. The smallest absolute Gasteiger partial charge is 0.0930 e. The molecule has 1 heterocycles. The number of ether oxygens (including phenoxy) is 1. The zero-order valence-electron chi connectivity index (χ0n) is 20.8. The standard InChI is InChI=1S/C15H30N2O.C4H10.C3H8.C2H6/c1-5-7-16-8-10-17(11-9-16)13-14(3)15(4)18-12-6-2;1-3-4-2;1-3-2;1-2/h5-13H2,1-4H3;3-4H2,1-2H3;3H2,1-2H3;1-2H3. The van der Waals surface area contributed by atoms with E-state index in [9.17, 15) is 0 Å². The van der Waals surface area contributed by atoms with Crippen LogP contribution < -0.4 is 0 Å². The molecule has 0 aromatic carbocycles. The minimum Gasteiger partial charge on any atom is -0.498 e. The molecule has 1 saturated heterocycles. The first-order valence-corrected chi connectivity index (χ1v) is 11.7. The molecule has 0 spiro atoms. The Morgan fingerprint density at radius 1 is 0.704 bits per heavy atom. The molecule has 1 aliphatic heterocycles. The van der Waals surface area contributed by atoms with Crippen LogP contribution in [-0.2, 0) is 4.74 Å². The van der Waals surface area contributed by atoms with Gasteiger partial charge in [-0.2, -0.15) is 0 Å². The van der Waals surface area contributed by atoms with Gasteiger partial charge in [0, 0.05) is 32.7 Å². The van der Waals surface area contributed by atoms with E-state index in [2.05, 4.69) is 65.2 Å². The average molecular weight is 387 g/mol. The molecule has 0 saturated carbocycles. The van der Waals surface area contributed by atoms with Crippen molar-refractivity contribution in [3.8, 4) is 0 Å². The maximum atomic E-state index is 5.70. The van der Waals surface area contributed by atoms with Crippen LogP contribution in [0.25, 0.3) is 0 Å². The van der Waals surface area contributed by atoms with Gasteiger partial charge in [-0.05, 0) is 38.8 Å². The summed E-state index contributed by atoms with van der Waals surface area (Å²) in [6, 6.07) is 0. The number of hydrogen-bond donors (Lipinski definition) is 0. The van der Waals surface area contributed by atoms with Gasteiger partial charge in [0.05, 0.1) is 12.4 Å². The van der Waals surface area contributed by atoms with Crippen molar-refractivity contribution in [2.75, 3.05) is 45.9 Å². The second-order valence-electron chi connectivity index (χ2n) is 7.01. The van der Waals surface area contributed by atoms with Crippen LogP contribution >= 0.6 is 0 Å². The lowest BCUT2D eigenvalue weighted by molar-refractivity contribution is 0.137. The highest BCUT2D eigenvalue weighted by Gasteiger charge is 2.16. The van der Waals surface area contributed by atoms with E-state index in [1.54, 1.807) is 0 Å². The predicted octanol–water partition coefficient (Wildman–Crippen LogP) is 6.98. The molecule has 0 aromatic heterocycles. The van der Waals surface area contributed by atoms with Crippen molar-refractivity contribution in [1.82, 2.24) is 9.80 Å². The number of piperazine rings is 1. The van der Waals surface area contributed by atoms with Crippen molar-refractivity contribution in [2.24, 2.45) is 0 Å². The lowest BCUT2D eigenvalue weighted by Gasteiger charge is -2.34. The van der Waals surface area contributed by atoms with Crippen LogP contribution in [0.15, 0.2) is 11.3 Å². The predicted molar refractivity (Wildman–Crippen MR) is 126 cm³/mol. The summed E-state index contributed by atoms with van der Waals surface area (Å²) in [4.78, 5) is 5.11. The van der Waals surface area contributed by atoms with E-state index in [0.29, 0.717) is 0 Å². The Labute approximate surface area is 173 Å². The van der Waals surface area contributed by atoms with Gasteiger partial charge in [-0.3, -0.25) is 4.90 Å². The Kier molecular flexibility index (Phi) is 29.4. The second kappa shape index (κ2) is 25.5. The Bertz CT molecular complexity index is 293. The first-order valence-electron chi connectivity index (χ1n) is 11.7. The highest BCUT2D eigenvalue weighted by Crippen LogP contribution is 2.10. The summed E-state index contributed by atoms with van der Waals surface area (Å²) >= 11 is 0. The third kappa shape index (κ3) is 21.6. The van der Waals surface area contributed by atoms with E-state index in [-0.39, 0.29) is 0 Å². The maximum Gasteiger partial charge on any atom is 0.0930 e. The maximum absolute atomic E-state index is 5.70. The topological polar surface area (TPSA) is 15.7 Å². The fraction of sp³-hybridized carbons (Fsp3) is 0.917.